The summed E-state index contributed by atoms with van der Waals surface area (Å²) in [6, 6.07) is 4.88. The normalized spacial score (nSPS) is 18.3. The lowest BCUT2D eigenvalue weighted by molar-refractivity contribution is -0.384. The fourth-order valence-corrected chi connectivity index (χ4v) is 2.46. The number of nitrogens with two attached hydrogens (primary N) is 1. The minimum Gasteiger partial charge on any atom is -0.399 e. The van der Waals surface area contributed by atoms with Gasteiger partial charge in [-0.15, -0.1) is 0 Å². The van der Waals surface area contributed by atoms with Crippen molar-refractivity contribution >= 4 is 17.1 Å². The van der Waals surface area contributed by atoms with E-state index in [9.17, 15) is 10.1 Å². The van der Waals surface area contributed by atoms with Crippen molar-refractivity contribution in [3.63, 3.8) is 0 Å². The highest BCUT2D eigenvalue weighted by Gasteiger charge is 2.19. The minimum atomic E-state index is -0.368. The summed E-state index contributed by atoms with van der Waals surface area (Å²) in [5.41, 5.74) is 6.78. The molecule has 8 nitrogen and oxygen atoms in total. The number of nitrogens with zero attached hydrogens (tertiary/aromatic N) is 2. The Morgan fingerprint density at radius 1 is 1.00 bits per heavy atom. The molecule has 0 unspecified atom stereocenters. The van der Waals surface area contributed by atoms with Gasteiger partial charge in [0.15, 0.2) is 0 Å². The quantitative estimate of drug-likeness (QED) is 0.339. The predicted octanol–water partition coefficient (Wildman–Crippen LogP) is -0.234. The number of hydrogen-bond donors (Lipinski definition) is 4. The standard InChI is InChI=1S/C14H24N6O2/c15-12-1-2-13(14(11-12)20(21)22)19-9-7-17-5-3-16-4-6-18-8-10-19/h1-2,11,16-18H,3-10,15H2. The number of benzene rings is 1. The highest BCUT2D eigenvalue weighted by Crippen LogP contribution is 2.29. The summed E-state index contributed by atoms with van der Waals surface area (Å²) in [6.07, 6.45) is 0. The Morgan fingerprint density at radius 3 is 2.09 bits per heavy atom. The van der Waals surface area contributed by atoms with Gasteiger partial charge in [-0.2, -0.15) is 0 Å². The van der Waals surface area contributed by atoms with Crippen molar-refractivity contribution in [2.75, 3.05) is 63.0 Å². The van der Waals surface area contributed by atoms with Crippen LogP contribution in [0.2, 0.25) is 0 Å². The Bertz CT molecular complexity index is 484. The summed E-state index contributed by atoms with van der Waals surface area (Å²) in [4.78, 5) is 12.9. The second-order valence-corrected chi connectivity index (χ2v) is 5.24. The Kier molecular flexibility index (Phi) is 6.38. The largest absolute Gasteiger partial charge is 0.399 e. The van der Waals surface area contributed by atoms with Crippen LogP contribution in [0.1, 0.15) is 0 Å². The first-order chi connectivity index (χ1) is 10.7. The molecule has 1 heterocycles. The first kappa shape index (κ1) is 16.5. The van der Waals surface area contributed by atoms with Gasteiger partial charge in [-0.25, -0.2) is 0 Å². The number of anilines is 2. The first-order valence-corrected chi connectivity index (χ1v) is 7.59. The van der Waals surface area contributed by atoms with E-state index >= 15 is 0 Å². The summed E-state index contributed by atoms with van der Waals surface area (Å²) in [6.45, 7) is 6.61. The summed E-state index contributed by atoms with van der Waals surface area (Å²) < 4.78 is 0. The Hall–Kier alpha value is -1.90. The molecule has 5 N–H and O–H groups in total. The van der Waals surface area contributed by atoms with E-state index in [0.717, 1.165) is 39.3 Å². The third kappa shape index (κ3) is 4.83. The van der Waals surface area contributed by atoms with Crippen LogP contribution < -0.4 is 26.6 Å². The molecule has 0 bridgehead atoms. The number of hydrogen-bond acceptors (Lipinski definition) is 7. The molecule has 0 atom stereocenters. The topological polar surface area (TPSA) is 108 Å². The monoisotopic (exact) mass is 308 g/mol. The van der Waals surface area contributed by atoms with Crippen molar-refractivity contribution < 1.29 is 4.92 Å². The lowest BCUT2D eigenvalue weighted by atomic mass is 10.2. The van der Waals surface area contributed by atoms with Crippen molar-refractivity contribution in [1.29, 1.82) is 0 Å². The third-order valence-corrected chi connectivity index (χ3v) is 3.61. The van der Waals surface area contributed by atoms with Crippen LogP contribution >= 0.6 is 0 Å². The van der Waals surface area contributed by atoms with Crippen LogP contribution in [-0.2, 0) is 0 Å². The zero-order valence-corrected chi connectivity index (χ0v) is 12.7. The Balaban J connectivity index is 2.13. The molecule has 2 rings (SSSR count). The molecule has 1 aromatic rings. The van der Waals surface area contributed by atoms with Gasteiger partial charge in [0.05, 0.1) is 4.92 Å². The molecular formula is C14H24N6O2. The zero-order chi connectivity index (χ0) is 15.8. The Labute approximate surface area is 130 Å². The van der Waals surface area contributed by atoms with E-state index in [2.05, 4.69) is 16.0 Å². The van der Waals surface area contributed by atoms with Gasteiger partial charge in [-0.05, 0) is 12.1 Å². The lowest BCUT2D eigenvalue weighted by Gasteiger charge is -2.25. The molecule has 0 aliphatic carbocycles. The van der Waals surface area contributed by atoms with E-state index in [1.165, 1.54) is 6.07 Å². The van der Waals surface area contributed by atoms with Crippen LogP contribution in [0, 0.1) is 10.1 Å². The van der Waals surface area contributed by atoms with Gasteiger partial charge in [-0.3, -0.25) is 10.1 Å². The van der Waals surface area contributed by atoms with Gasteiger partial charge in [-0.1, -0.05) is 0 Å². The van der Waals surface area contributed by atoms with Crippen molar-refractivity contribution in [2.45, 2.75) is 0 Å². The second-order valence-electron chi connectivity index (χ2n) is 5.24. The molecule has 22 heavy (non-hydrogen) atoms. The average molecular weight is 308 g/mol. The van der Waals surface area contributed by atoms with Gasteiger partial charge < -0.3 is 26.6 Å². The van der Waals surface area contributed by atoms with Crippen LogP contribution in [0.15, 0.2) is 18.2 Å². The van der Waals surface area contributed by atoms with Gasteiger partial charge in [0.25, 0.3) is 5.69 Å². The van der Waals surface area contributed by atoms with Crippen LogP contribution in [0.3, 0.4) is 0 Å². The maximum absolute atomic E-state index is 11.3. The molecule has 1 aliphatic heterocycles. The molecule has 1 saturated heterocycles. The zero-order valence-electron chi connectivity index (χ0n) is 12.7. The molecule has 1 fully saturated rings. The van der Waals surface area contributed by atoms with Crippen molar-refractivity contribution in [1.82, 2.24) is 16.0 Å². The first-order valence-electron chi connectivity index (χ1n) is 7.59. The van der Waals surface area contributed by atoms with E-state index in [1.54, 1.807) is 12.1 Å². The predicted molar refractivity (Wildman–Crippen MR) is 88.3 cm³/mol. The number of nitrogens with one attached hydrogen (secondary N) is 3. The highest BCUT2D eigenvalue weighted by atomic mass is 16.6. The van der Waals surface area contributed by atoms with E-state index in [-0.39, 0.29) is 10.6 Å². The summed E-state index contributed by atoms with van der Waals surface area (Å²) in [5.74, 6) is 0. The molecule has 0 amide bonds. The molecule has 8 heteroatoms. The number of nitro benzene ring substituents is 1. The molecule has 0 saturated carbocycles. The Morgan fingerprint density at radius 2 is 1.55 bits per heavy atom. The number of nitrogen functional groups attached to an aromatic ring is 1. The number of nitro groups is 1. The van der Waals surface area contributed by atoms with Gasteiger partial charge in [0.1, 0.15) is 5.69 Å². The van der Waals surface area contributed by atoms with E-state index in [0.29, 0.717) is 24.5 Å². The molecule has 1 aromatic carbocycles. The molecule has 0 radical (unpaired) electrons. The molecule has 1 aliphatic rings. The van der Waals surface area contributed by atoms with E-state index in [4.69, 9.17) is 5.73 Å². The smallest absolute Gasteiger partial charge is 0.294 e. The van der Waals surface area contributed by atoms with Crippen LogP contribution in [-0.4, -0.2) is 57.3 Å². The summed E-state index contributed by atoms with van der Waals surface area (Å²) in [7, 11) is 0. The maximum Gasteiger partial charge on any atom is 0.294 e. The summed E-state index contributed by atoms with van der Waals surface area (Å²) in [5, 5.41) is 21.3. The fraction of sp³-hybridized carbons (Fsp3) is 0.571. The SMILES string of the molecule is Nc1ccc(N2CCNCCNCCNCC2)c([N+](=O)[O-])c1. The molecule has 0 aromatic heterocycles. The fourth-order valence-electron chi connectivity index (χ4n) is 2.46. The highest BCUT2D eigenvalue weighted by molar-refractivity contribution is 5.68. The van der Waals surface area contributed by atoms with E-state index in [1.807, 2.05) is 4.90 Å². The molecular weight excluding hydrogens is 284 g/mol. The van der Waals surface area contributed by atoms with Gasteiger partial charge in [0.2, 0.25) is 0 Å². The molecule has 122 valence electrons. The van der Waals surface area contributed by atoms with Crippen molar-refractivity contribution in [3.05, 3.63) is 28.3 Å². The minimum absolute atomic E-state index is 0.0637. The summed E-state index contributed by atoms with van der Waals surface area (Å²) >= 11 is 0. The molecule has 0 spiro atoms. The maximum atomic E-state index is 11.3. The van der Waals surface area contributed by atoms with Gasteiger partial charge in [0, 0.05) is 64.1 Å². The van der Waals surface area contributed by atoms with Crippen LogP contribution in [0.4, 0.5) is 17.1 Å². The van der Waals surface area contributed by atoms with Crippen molar-refractivity contribution in [2.24, 2.45) is 0 Å². The third-order valence-electron chi connectivity index (χ3n) is 3.61. The van der Waals surface area contributed by atoms with E-state index < -0.39 is 0 Å². The number of rotatable bonds is 2. The second kappa shape index (κ2) is 8.52. The van der Waals surface area contributed by atoms with Crippen molar-refractivity contribution in [3.8, 4) is 0 Å². The van der Waals surface area contributed by atoms with Crippen LogP contribution in [0.25, 0.3) is 0 Å². The average Bonchev–Trinajstić information content (AvgIpc) is 2.48. The lowest BCUT2D eigenvalue weighted by Crippen LogP contribution is -2.42. The van der Waals surface area contributed by atoms with Crippen LogP contribution in [0.5, 0.6) is 0 Å². The van der Waals surface area contributed by atoms with Gasteiger partial charge >= 0.3 is 0 Å².